The number of hydrogen-bond donors (Lipinski definition) is 0. The van der Waals surface area contributed by atoms with Gasteiger partial charge in [-0.2, -0.15) is 14.6 Å². The van der Waals surface area contributed by atoms with Gasteiger partial charge in [-0.1, -0.05) is 64.2 Å². The van der Waals surface area contributed by atoms with Crippen molar-refractivity contribution in [1.82, 2.24) is 0 Å². The number of halogens is 2. The third-order valence-corrected chi connectivity index (χ3v) is 5.90. The molecule has 200 valence electrons. The number of hydrogen-bond acceptors (Lipinski definition) is 4. The largest absolute Gasteiger partial charge is 0.494 e. The monoisotopic (exact) mass is 518 g/mol. The molecule has 0 atom stereocenters. The minimum Gasteiger partial charge on any atom is -0.494 e. The highest BCUT2D eigenvalue weighted by Crippen LogP contribution is 2.24. The standard InChI is InChI=1S/C32H36F2N2O2/c1-3-5-7-8-9-10-24-38-30-22-15-26(31(33)32(30)34)14-11-25-12-16-27(17-13-25)35-36-28-18-20-29(21-19-28)37-23-6-4-2/h12-13,15-22H,3-10,23-24H2,1-2H3. The zero-order valence-electron chi connectivity index (χ0n) is 22.3. The lowest BCUT2D eigenvalue weighted by molar-refractivity contribution is 0.284. The first-order chi connectivity index (χ1) is 18.6. The van der Waals surface area contributed by atoms with E-state index >= 15 is 0 Å². The summed E-state index contributed by atoms with van der Waals surface area (Å²) in [6.07, 6.45) is 8.71. The molecule has 0 aliphatic heterocycles. The first-order valence-corrected chi connectivity index (χ1v) is 13.5. The molecule has 0 saturated carbocycles. The molecule has 3 aromatic carbocycles. The molecule has 38 heavy (non-hydrogen) atoms. The average Bonchev–Trinajstić information content (AvgIpc) is 2.94. The van der Waals surface area contributed by atoms with Gasteiger partial charge in [-0.3, -0.25) is 0 Å². The van der Waals surface area contributed by atoms with E-state index in [0.717, 1.165) is 37.9 Å². The molecule has 3 aromatic rings. The van der Waals surface area contributed by atoms with Crippen LogP contribution >= 0.6 is 0 Å². The Morgan fingerprint density at radius 1 is 0.605 bits per heavy atom. The highest BCUT2D eigenvalue weighted by molar-refractivity contribution is 5.49. The summed E-state index contributed by atoms with van der Waals surface area (Å²) in [6, 6.07) is 17.4. The second kappa shape index (κ2) is 16.2. The second-order valence-corrected chi connectivity index (χ2v) is 9.05. The zero-order valence-corrected chi connectivity index (χ0v) is 22.3. The molecular weight excluding hydrogens is 482 g/mol. The van der Waals surface area contributed by atoms with Crippen LogP contribution in [0.25, 0.3) is 0 Å². The Morgan fingerprint density at radius 2 is 1.21 bits per heavy atom. The molecule has 0 spiro atoms. The van der Waals surface area contributed by atoms with E-state index in [1.54, 1.807) is 24.3 Å². The van der Waals surface area contributed by atoms with E-state index in [9.17, 15) is 8.78 Å². The predicted octanol–water partition coefficient (Wildman–Crippen LogP) is 9.70. The average molecular weight is 519 g/mol. The lowest BCUT2D eigenvalue weighted by atomic mass is 10.1. The molecule has 0 aliphatic rings. The van der Waals surface area contributed by atoms with Crippen LogP contribution in [0.5, 0.6) is 11.5 Å². The number of azo groups is 1. The van der Waals surface area contributed by atoms with Crippen molar-refractivity contribution in [3.8, 4) is 23.3 Å². The lowest BCUT2D eigenvalue weighted by Gasteiger charge is -2.08. The fraction of sp³-hybridized carbons (Fsp3) is 0.375. The van der Waals surface area contributed by atoms with Crippen molar-refractivity contribution < 1.29 is 18.3 Å². The van der Waals surface area contributed by atoms with Gasteiger partial charge >= 0.3 is 0 Å². The van der Waals surface area contributed by atoms with Crippen molar-refractivity contribution in [2.75, 3.05) is 13.2 Å². The van der Waals surface area contributed by atoms with Gasteiger partial charge in [-0.25, -0.2) is 4.39 Å². The van der Waals surface area contributed by atoms with E-state index in [-0.39, 0.29) is 11.3 Å². The van der Waals surface area contributed by atoms with Gasteiger partial charge in [-0.15, -0.1) is 0 Å². The smallest absolute Gasteiger partial charge is 0.201 e. The van der Waals surface area contributed by atoms with Gasteiger partial charge in [0, 0.05) is 5.56 Å². The third-order valence-electron chi connectivity index (χ3n) is 5.90. The summed E-state index contributed by atoms with van der Waals surface area (Å²) >= 11 is 0. The Bertz CT molecular complexity index is 1210. The van der Waals surface area contributed by atoms with Gasteiger partial charge < -0.3 is 9.47 Å². The van der Waals surface area contributed by atoms with E-state index in [2.05, 4.69) is 35.9 Å². The van der Waals surface area contributed by atoms with Gasteiger partial charge in [0.05, 0.1) is 30.2 Å². The van der Waals surface area contributed by atoms with Crippen molar-refractivity contribution in [3.05, 3.63) is 83.4 Å². The van der Waals surface area contributed by atoms with Crippen LogP contribution in [0.3, 0.4) is 0 Å². The van der Waals surface area contributed by atoms with Crippen LogP contribution in [0.15, 0.2) is 70.9 Å². The number of benzene rings is 3. The van der Waals surface area contributed by atoms with Crippen molar-refractivity contribution in [1.29, 1.82) is 0 Å². The Labute approximate surface area is 225 Å². The van der Waals surface area contributed by atoms with Gasteiger partial charge in [0.1, 0.15) is 5.75 Å². The lowest BCUT2D eigenvalue weighted by Crippen LogP contribution is -2.02. The summed E-state index contributed by atoms with van der Waals surface area (Å²) in [7, 11) is 0. The normalized spacial score (nSPS) is 10.8. The maximum absolute atomic E-state index is 14.5. The minimum atomic E-state index is -1.00. The third kappa shape index (κ3) is 9.63. The number of ether oxygens (including phenoxy) is 2. The van der Waals surface area contributed by atoms with Crippen molar-refractivity contribution in [2.45, 2.75) is 65.2 Å². The first-order valence-electron chi connectivity index (χ1n) is 13.5. The molecular formula is C32H36F2N2O2. The maximum atomic E-state index is 14.5. The quantitative estimate of drug-likeness (QED) is 0.121. The SMILES string of the molecule is CCCCCCCCOc1ccc(C#Cc2ccc(N=Nc3ccc(OCCCC)cc3)cc2)c(F)c1F. The van der Waals surface area contributed by atoms with E-state index in [1.807, 2.05) is 24.3 Å². The molecule has 0 N–H and O–H groups in total. The number of rotatable bonds is 14. The van der Waals surface area contributed by atoms with Crippen LogP contribution in [0.1, 0.15) is 76.3 Å². The fourth-order valence-corrected chi connectivity index (χ4v) is 3.61. The Hall–Kier alpha value is -3.72. The highest BCUT2D eigenvalue weighted by Gasteiger charge is 2.13. The Balaban J connectivity index is 1.52. The molecule has 0 saturated heterocycles. The van der Waals surface area contributed by atoms with Crippen LogP contribution in [-0.4, -0.2) is 13.2 Å². The zero-order chi connectivity index (χ0) is 27.0. The first kappa shape index (κ1) is 28.8. The molecule has 6 heteroatoms. The van der Waals surface area contributed by atoms with E-state index < -0.39 is 11.6 Å². The maximum Gasteiger partial charge on any atom is 0.201 e. The Kier molecular flexibility index (Phi) is 12.3. The molecule has 0 heterocycles. The van der Waals surface area contributed by atoms with Gasteiger partial charge in [0.25, 0.3) is 0 Å². The molecule has 0 fully saturated rings. The summed E-state index contributed by atoms with van der Waals surface area (Å²) < 4.78 is 40.0. The number of nitrogens with zero attached hydrogens (tertiary/aromatic N) is 2. The van der Waals surface area contributed by atoms with Crippen molar-refractivity contribution in [2.24, 2.45) is 10.2 Å². The summed E-state index contributed by atoms with van der Waals surface area (Å²) in [5.41, 5.74) is 2.01. The molecule has 0 aromatic heterocycles. The second-order valence-electron chi connectivity index (χ2n) is 9.05. The van der Waals surface area contributed by atoms with E-state index in [0.29, 0.717) is 30.2 Å². The van der Waals surface area contributed by atoms with Crippen LogP contribution in [0.4, 0.5) is 20.2 Å². The number of unbranched alkanes of at least 4 members (excludes halogenated alkanes) is 6. The van der Waals surface area contributed by atoms with Gasteiger partial charge in [0.2, 0.25) is 5.82 Å². The molecule has 3 rings (SSSR count). The summed E-state index contributed by atoms with van der Waals surface area (Å²) in [6.45, 7) is 5.37. The molecule has 0 radical (unpaired) electrons. The van der Waals surface area contributed by atoms with Gasteiger partial charge in [0.15, 0.2) is 11.6 Å². The molecule has 0 amide bonds. The predicted molar refractivity (Wildman–Crippen MR) is 149 cm³/mol. The van der Waals surface area contributed by atoms with E-state index in [4.69, 9.17) is 9.47 Å². The Morgan fingerprint density at radius 3 is 1.89 bits per heavy atom. The highest BCUT2D eigenvalue weighted by atomic mass is 19.2. The molecule has 0 bridgehead atoms. The fourth-order valence-electron chi connectivity index (χ4n) is 3.61. The topological polar surface area (TPSA) is 43.2 Å². The van der Waals surface area contributed by atoms with Gasteiger partial charge in [-0.05, 0) is 73.5 Å². The molecule has 0 aliphatic carbocycles. The van der Waals surface area contributed by atoms with Crippen LogP contribution < -0.4 is 9.47 Å². The van der Waals surface area contributed by atoms with Crippen LogP contribution in [-0.2, 0) is 0 Å². The van der Waals surface area contributed by atoms with E-state index in [1.165, 1.54) is 31.4 Å². The van der Waals surface area contributed by atoms with Crippen molar-refractivity contribution in [3.63, 3.8) is 0 Å². The van der Waals surface area contributed by atoms with Crippen LogP contribution in [0.2, 0.25) is 0 Å². The van der Waals surface area contributed by atoms with Crippen LogP contribution in [0, 0.1) is 23.5 Å². The summed E-state index contributed by atoms with van der Waals surface area (Å²) in [5.74, 6) is 4.32. The molecule has 0 unspecified atom stereocenters. The minimum absolute atomic E-state index is 0.0136. The molecule has 4 nitrogen and oxygen atoms in total. The summed E-state index contributed by atoms with van der Waals surface area (Å²) in [4.78, 5) is 0. The summed E-state index contributed by atoms with van der Waals surface area (Å²) in [5, 5.41) is 8.48. The van der Waals surface area contributed by atoms with Crippen molar-refractivity contribution >= 4 is 11.4 Å².